The Labute approximate surface area is 112 Å². The van der Waals surface area contributed by atoms with Crippen LogP contribution < -0.4 is 10.9 Å². The summed E-state index contributed by atoms with van der Waals surface area (Å²) in [5.41, 5.74) is -0.369. The molecule has 2 heterocycles. The molecule has 2 aromatic heterocycles. The molecule has 0 bridgehead atoms. The second-order valence-corrected chi connectivity index (χ2v) is 5.72. The molecule has 0 spiro atoms. The van der Waals surface area contributed by atoms with Crippen LogP contribution in [0.25, 0.3) is 0 Å². The average Bonchev–Trinajstić information content (AvgIpc) is 3.14. The number of aryl methyl sites for hydroxylation is 1. The lowest BCUT2D eigenvalue weighted by molar-refractivity contribution is 0.102. The van der Waals surface area contributed by atoms with Crippen LogP contribution in [0.5, 0.6) is 0 Å². The fourth-order valence-electron chi connectivity index (χ4n) is 1.73. The van der Waals surface area contributed by atoms with Crippen molar-refractivity contribution in [1.82, 2.24) is 15.0 Å². The molecule has 0 aliphatic heterocycles. The van der Waals surface area contributed by atoms with Crippen molar-refractivity contribution in [2.45, 2.75) is 25.7 Å². The van der Waals surface area contributed by atoms with Crippen LogP contribution in [-0.4, -0.2) is 20.9 Å². The number of nitrogens with one attached hydrogen (secondary N) is 2. The molecular formula is C12H12N4O2S. The van der Waals surface area contributed by atoms with Crippen LogP contribution in [0, 0.1) is 6.92 Å². The normalized spacial score (nSPS) is 14.4. The van der Waals surface area contributed by atoms with Crippen molar-refractivity contribution in [3.8, 4) is 0 Å². The molecule has 0 radical (unpaired) electrons. The lowest BCUT2D eigenvalue weighted by atomic mass is 10.3. The summed E-state index contributed by atoms with van der Waals surface area (Å²) < 4.78 is 0. The molecule has 98 valence electrons. The highest BCUT2D eigenvalue weighted by Gasteiger charge is 2.26. The summed E-state index contributed by atoms with van der Waals surface area (Å²) in [6.45, 7) is 1.85. The Bertz CT molecular complexity index is 687. The van der Waals surface area contributed by atoms with Crippen LogP contribution >= 0.6 is 11.3 Å². The number of amides is 1. The summed E-state index contributed by atoms with van der Waals surface area (Å²) in [5.74, 6) is 0.573. The van der Waals surface area contributed by atoms with Gasteiger partial charge in [0.05, 0.1) is 11.2 Å². The largest absolute Gasteiger partial charge is 0.312 e. The van der Waals surface area contributed by atoms with E-state index in [9.17, 15) is 9.59 Å². The predicted octanol–water partition coefficient (Wildman–Crippen LogP) is 1.66. The molecule has 6 nitrogen and oxygen atoms in total. The maximum atomic E-state index is 11.9. The smallest absolute Gasteiger partial charge is 0.263 e. The molecular weight excluding hydrogens is 264 g/mol. The number of hydrogen-bond acceptors (Lipinski definition) is 5. The van der Waals surface area contributed by atoms with Crippen molar-refractivity contribution in [1.29, 1.82) is 0 Å². The highest BCUT2D eigenvalue weighted by Crippen LogP contribution is 2.37. The van der Waals surface area contributed by atoms with E-state index < -0.39 is 11.5 Å². The van der Waals surface area contributed by atoms with E-state index in [-0.39, 0.29) is 5.56 Å². The number of aromatic amines is 1. The van der Waals surface area contributed by atoms with Gasteiger partial charge in [-0.2, -0.15) is 0 Å². The van der Waals surface area contributed by atoms with Gasteiger partial charge >= 0.3 is 0 Å². The molecule has 1 saturated carbocycles. The Hall–Kier alpha value is -2.02. The Morgan fingerprint density at radius 3 is 2.79 bits per heavy atom. The van der Waals surface area contributed by atoms with Crippen LogP contribution in [0.15, 0.2) is 17.2 Å². The molecule has 0 saturated heterocycles. The van der Waals surface area contributed by atoms with Gasteiger partial charge in [-0.25, -0.2) is 9.97 Å². The first-order valence-corrected chi connectivity index (χ1v) is 6.78. The highest BCUT2D eigenvalue weighted by molar-refractivity contribution is 7.15. The van der Waals surface area contributed by atoms with Gasteiger partial charge in [0.15, 0.2) is 0 Å². The van der Waals surface area contributed by atoms with Gasteiger partial charge in [0.25, 0.3) is 11.5 Å². The van der Waals surface area contributed by atoms with Gasteiger partial charge in [-0.05, 0) is 19.8 Å². The number of H-pyrrole nitrogens is 1. The van der Waals surface area contributed by atoms with Crippen molar-refractivity contribution >= 4 is 22.2 Å². The average molecular weight is 276 g/mol. The molecule has 7 heteroatoms. The molecule has 0 unspecified atom stereocenters. The summed E-state index contributed by atoms with van der Waals surface area (Å²) in [7, 11) is 0. The first kappa shape index (κ1) is 12.0. The maximum Gasteiger partial charge on any atom is 0.263 e. The van der Waals surface area contributed by atoms with E-state index >= 15 is 0 Å². The van der Waals surface area contributed by atoms with E-state index in [1.807, 2.05) is 6.92 Å². The minimum Gasteiger partial charge on any atom is -0.312 e. The maximum absolute atomic E-state index is 11.9. The Morgan fingerprint density at radius 2 is 2.21 bits per heavy atom. The van der Waals surface area contributed by atoms with Gasteiger partial charge in [0.1, 0.15) is 16.4 Å². The van der Waals surface area contributed by atoms with E-state index in [2.05, 4.69) is 20.3 Å². The van der Waals surface area contributed by atoms with E-state index in [0.717, 1.165) is 17.8 Å². The van der Waals surface area contributed by atoms with E-state index in [1.54, 1.807) is 6.20 Å². The van der Waals surface area contributed by atoms with E-state index in [0.29, 0.717) is 16.7 Å². The highest BCUT2D eigenvalue weighted by atomic mass is 32.1. The number of aromatic nitrogens is 3. The second-order valence-electron chi connectivity index (χ2n) is 4.48. The third-order valence-corrected chi connectivity index (χ3v) is 3.71. The SMILES string of the molecule is Cc1ncc(NC(=O)c2cnc(C3CC3)[nH]c2=O)s1. The van der Waals surface area contributed by atoms with Crippen LogP contribution in [0.1, 0.15) is 39.9 Å². The quantitative estimate of drug-likeness (QED) is 0.892. The molecule has 2 aromatic rings. The van der Waals surface area contributed by atoms with Crippen molar-refractivity contribution in [3.63, 3.8) is 0 Å². The van der Waals surface area contributed by atoms with Crippen LogP contribution in [0.4, 0.5) is 5.00 Å². The fraction of sp³-hybridized carbons (Fsp3) is 0.333. The van der Waals surface area contributed by atoms with Gasteiger partial charge in [-0.15, -0.1) is 11.3 Å². The van der Waals surface area contributed by atoms with Crippen LogP contribution in [0.3, 0.4) is 0 Å². The summed E-state index contributed by atoms with van der Waals surface area (Å²) in [6.07, 6.45) is 5.01. The Balaban J connectivity index is 1.81. The summed E-state index contributed by atoms with van der Waals surface area (Å²) in [5, 5.41) is 4.11. The van der Waals surface area contributed by atoms with Crippen LogP contribution in [0.2, 0.25) is 0 Å². The number of carbonyl (C=O) groups excluding carboxylic acids is 1. The van der Waals surface area contributed by atoms with Crippen molar-refractivity contribution in [2.75, 3.05) is 5.32 Å². The van der Waals surface area contributed by atoms with Crippen molar-refractivity contribution in [2.24, 2.45) is 0 Å². The first-order valence-electron chi connectivity index (χ1n) is 5.96. The zero-order valence-corrected chi connectivity index (χ0v) is 11.1. The number of nitrogens with zero attached hydrogens (tertiary/aromatic N) is 2. The third-order valence-electron chi connectivity index (χ3n) is 2.89. The number of hydrogen-bond donors (Lipinski definition) is 2. The molecule has 1 aliphatic rings. The first-order chi connectivity index (χ1) is 9.13. The number of thiazole rings is 1. The summed E-state index contributed by atoms with van der Waals surface area (Å²) >= 11 is 1.36. The summed E-state index contributed by atoms with van der Waals surface area (Å²) in [6, 6.07) is 0. The molecule has 0 atom stereocenters. The van der Waals surface area contributed by atoms with Gasteiger partial charge in [-0.3, -0.25) is 9.59 Å². The van der Waals surface area contributed by atoms with Crippen molar-refractivity contribution in [3.05, 3.63) is 39.1 Å². The molecule has 1 fully saturated rings. The Morgan fingerprint density at radius 1 is 1.42 bits per heavy atom. The monoisotopic (exact) mass is 276 g/mol. The zero-order chi connectivity index (χ0) is 13.4. The zero-order valence-electron chi connectivity index (χ0n) is 10.3. The standard InChI is InChI=1S/C12H12N4O2S/c1-6-13-5-9(19-6)15-11(17)8-4-14-10(7-2-3-7)16-12(8)18/h4-5,7H,2-3H2,1H3,(H,15,17)(H,14,16,18). The number of carbonyl (C=O) groups is 1. The van der Waals surface area contributed by atoms with Crippen LogP contribution in [-0.2, 0) is 0 Å². The minimum atomic E-state index is -0.459. The predicted molar refractivity (Wildman–Crippen MR) is 71.6 cm³/mol. The van der Waals surface area contributed by atoms with Gasteiger partial charge in [0, 0.05) is 12.1 Å². The van der Waals surface area contributed by atoms with E-state index in [4.69, 9.17) is 0 Å². The Kier molecular flexibility index (Phi) is 2.90. The number of anilines is 1. The third kappa shape index (κ3) is 2.55. The number of rotatable bonds is 3. The van der Waals surface area contributed by atoms with Gasteiger partial charge in [-0.1, -0.05) is 0 Å². The second kappa shape index (κ2) is 4.58. The van der Waals surface area contributed by atoms with Gasteiger partial charge in [0.2, 0.25) is 0 Å². The lowest BCUT2D eigenvalue weighted by Gasteiger charge is -2.02. The molecule has 3 rings (SSSR count). The molecule has 2 N–H and O–H groups in total. The molecule has 1 aliphatic carbocycles. The fourth-order valence-corrected chi connectivity index (χ4v) is 2.41. The molecule has 1 amide bonds. The minimum absolute atomic E-state index is 0.0236. The molecule has 19 heavy (non-hydrogen) atoms. The lowest BCUT2D eigenvalue weighted by Crippen LogP contribution is -2.24. The summed E-state index contributed by atoms with van der Waals surface area (Å²) in [4.78, 5) is 34.6. The van der Waals surface area contributed by atoms with Crippen molar-refractivity contribution < 1.29 is 4.79 Å². The molecule has 0 aromatic carbocycles. The topological polar surface area (TPSA) is 87.7 Å². The van der Waals surface area contributed by atoms with Gasteiger partial charge < -0.3 is 10.3 Å². The van der Waals surface area contributed by atoms with E-state index in [1.165, 1.54) is 17.5 Å².